The van der Waals surface area contributed by atoms with Gasteiger partial charge in [-0.2, -0.15) is 12.6 Å². The summed E-state index contributed by atoms with van der Waals surface area (Å²) in [4.78, 5) is 0. The number of ether oxygens (including phenoxy) is 1. The van der Waals surface area contributed by atoms with E-state index in [1.165, 1.54) is 0 Å². The Balaban J connectivity index is 2.62. The summed E-state index contributed by atoms with van der Waals surface area (Å²) >= 11 is 13.5. The normalized spacial score (nSPS) is 12.6. The van der Waals surface area contributed by atoms with Gasteiger partial charge in [0.15, 0.2) is 0 Å². The Morgan fingerprint density at radius 2 is 2.29 bits per heavy atom. The molecule has 1 nitrogen and oxygen atoms in total. The largest absolute Gasteiger partial charge is 0.492 e. The highest BCUT2D eigenvalue weighted by atomic mass is 79.9. The van der Waals surface area contributed by atoms with Crippen molar-refractivity contribution in [3.63, 3.8) is 0 Å². The maximum atomic E-state index is 5.96. The van der Waals surface area contributed by atoms with Crippen molar-refractivity contribution in [3.8, 4) is 5.75 Å². The van der Waals surface area contributed by atoms with Crippen LogP contribution in [-0.2, 0) is 0 Å². The highest BCUT2D eigenvalue weighted by Crippen LogP contribution is 2.28. The maximum absolute atomic E-state index is 5.96. The van der Waals surface area contributed by atoms with Crippen molar-refractivity contribution in [2.24, 2.45) is 5.92 Å². The second-order valence-electron chi connectivity index (χ2n) is 3.17. The number of hydrogen-bond donors (Lipinski definition) is 1. The molecule has 1 unspecified atom stereocenters. The highest BCUT2D eigenvalue weighted by Gasteiger charge is 2.04. The molecule has 0 spiro atoms. The lowest BCUT2D eigenvalue weighted by atomic mass is 10.2. The fourth-order valence-electron chi connectivity index (χ4n) is 0.873. The van der Waals surface area contributed by atoms with Gasteiger partial charge in [0.1, 0.15) is 5.75 Å². The number of benzene rings is 1. The van der Waals surface area contributed by atoms with Gasteiger partial charge in [-0.25, -0.2) is 0 Å². The summed E-state index contributed by atoms with van der Waals surface area (Å²) < 4.78 is 6.53. The minimum absolute atomic E-state index is 0.424. The van der Waals surface area contributed by atoms with Crippen LogP contribution in [-0.4, -0.2) is 12.4 Å². The van der Waals surface area contributed by atoms with Gasteiger partial charge in [0, 0.05) is 4.47 Å². The molecule has 0 saturated heterocycles. The smallest absolute Gasteiger partial charge is 0.139 e. The molecule has 0 fully saturated rings. The van der Waals surface area contributed by atoms with E-state index in [-0.39, 0.29) is 0 Å². The first kappa shape index (κ1) is 12.2. The van der Waals surface area contributed by atoms with E-state index in [0.29, 0.717) is 17.5 Å². The first-order chi connectivity index (χ1) is 6.63. The molecule has 0 aliphatic rings. The van der Waals surface area contributed by atoms with Crippen LogP contribution in [0.4, 0.5) is 0 Å². The van der Waals surface area contributed by atoms with Crippen LogP contribution in [0.5, 0.6) is 5.75 Å². The minimum Gasteiger partial charge on any atom is -0.492 e. The van der Waals surface area contributed by atoms with Crippen LogP contribution in [0.2, 0.25) is 5.02 Å². The van der Waals surface area contributed by atoms with E-state index >= 15 is 0 Å². The Kier molecular flexibility index (Phi) is 5.13. The van der Waals surface area contributed by atoms with E-state index in [1.807, 2.05) is 18.2 Å². The maximum Gasteiger partial charge on any atom is 0.139 e. The Morgan fingerprint density at radius 1 is 1.57 bits per heavy atom. The predicted molar refractivity (Wildman–Crippen MR) is 67.7 cm³/mol. The predicted octanol–water partition coefficient (Wildman–Crippen LogP) is 4.05. The third-order valence-electron chi connectivity index (χ3n) is 1.73. The van der Waals surface area contributed by atoms with Crippen molar-refractivity contribution in [2.75, 3.05) is 12.4 Å². The fraction of sp³-hybridized carbons (Fsp3) is 0.400. The molecule has 0 bridgehead atoms. The first-order valence-electron chi connectivity index (χ1n) is 4.32. The fourth-order valence-corrected chi connectivity index (χ4v) is 1.49. The van der Waals surface area contributed by atoms with Gasteiger partial charge in [0.2, 0.25) is 0 Å². The van der Waals surface area contributed by atoms with E-state index in [4.69, 9.17) is 16.3 Å². The van der Waals surface area contributed by atoms with Crippen molar-refractivity contribution < 1.29 is 4.74 Å². The lowest BCUT2D eigenvalue weighted by Gasteiger charge is -2.11. The van der Waals surface area contributed by atoms with E-state index in [0.717, 1.165) is 16.0 Å². The van der Waals surface area contributed by atoms with Gasteiger partial charge in [-0.15, -0.1) is 0 Å². The van der Waals surface area contributed by atoms with Gasteiger partial charge < -0.3 is 4.74 Å². The van der Waals surface area contributed by atoms with Gasteiger partial charge >= 0.3 is 0 Å². The highest BCUT2D eigenvalue weighted by molar-refractivity contribution is 9.10. The number of halogens is 2. The van der Waals surface area contributed by atoms with Gasteiger partial charge in [-0.3, -0.25) is 0 Å². The Morgan fingerprint density at radius 3 is 2.93 bits per heavy atom. The molecular weight excluding hydrogens is 284 g/mol. The second-order valence-corrected chi connectivity index (χ2v) is 4.86. The molecule has 0 aliphatic carbocycles. The summed E-state index contributed by atoms with van der Waals surface area (Å²) in [5.41, 5.74) is 0. The molecule has 0 aliphatic heterocycles. The Labute approximate surface area is 103 Å². The van der Waals surface area contributed by atoms with Gasteiger partial charge in [0.05, 0.1) is 11.6 Å². The van der Waals surface area contributed by atoms with Crippen molar-refractivity contribution in [2.45, 2.75) is 6.92 Å². The van der Waals surface area contributed by atoms with Crippen LogP contribution >= 0.6 is 40.2 Å². The van der Waals surface area contributed by atoms with Gasteiger partial charge in [0.25, 0.3) is 0 Å². The molecule has 14 heavy (non-hydrogen) atoms. The quantitative estimate of drug-likeness (QED) is 0.825. The summed E-state index contributed by atoms with van der Waals surface area (Å²) in [6.45, 7) is 2.72. The lowest BCUT2D eigenvalue weighted by Crippen LogP contribution is -2.09. The molecule has 1 atom stereocenters. The van der Waals surface area contributed by atoms with Crippen molar-refractivity contribution in [1.82, 2.24) is 0 Å². The first-order valence-corrected chi connectivity index (χ1v) is 6.12. The molecule has 0 N–H and O–H groups in total. The molecule has 0 saturated carbocycles. The molecular formula is C10H12BrClOS. The topological polar surface area (TPSA) is 9.23 Å². The van der Waals surface area contributed by atoms with Crippen LogP contribution in [0, 0.1) is 5.92 Å². The molecule has 0 aromatic heterocycles. The van der Waals surface area contributed by atoms with Crippen LogP contribution < -0.4 is 4.74 Å². The monoisotopic (exact) mass is 294 g/mol. The third-order valence-corrected chi connectivity index (χ3v) is 3.16. The van der Waals surface area contributed by atoms with Crippen LogP contribution in [0.25, 0.3) is 0 Å². The van der Waals surface area contributed by atoms with Crippen molar-refractivity contribution >= 4 is 40.2 Å². The Hall–Kier alpha value is 0.140. The average molecular weight is 296 g/mol. The third kappa shape index (κ3) is 3.71. The number of thiol groups is 1. The lowest BCUT2D eigenvalue weighted by molar-refractivity contribution is 0.273. The number of rotatable bonds is 4. The van der Waals surface area contributed by atoms with E-state index in [9.17, 15) is 0 Å². The van der Waals surface area contributed by atoms with Gasteiger partial charge in [-0.05, 0) is 29.9 Å². The standard InChI is InChI=1S/C10H12BrClOS/c1-7(6-14)5-13-10-4-8(11)2-3-9(10)12/h2-4,7,14H,5-6H2,1H3. The zero-order valence-electron chi connectivity index (χ0n) is 7.84. The van der Waals surface area contributed by atoms with Crippen molar-refractivity contribution in [3.05, 3.63) is 27.7 Å². The molecule has 0 heterocycles. The van der Waals surface area contributed by atoms with Crippen LogP contribution in [0.1, 0.15) is 6.92 Å². The molecule has 0 radical (unpaired) electrons. The summed E-state index contributed by atoms with van der Waals surface area (Å²) in [5.74, 6) is 1.95. The zero-order valence-corrected chi connectivity index (χ0v) is 11.1. The molecule has 4 heteroatoms. The summed E-state index contributed by atoms with van der Waals surface area (Å²) in [5, 5.41) is 0.638. The molecule has 1 rings (SSSR count). The van der Waals surface area contributed by atoms with Gasteiger partial charge in [-0.1, -0.05) is 34.5 Å². The van der Waals surface area contributed by atoms with E-state index < -0.39 is 0 Å². The van der Waals surface area contributed by atoms with E-state index in [1.54, 1.807) is 0 Å². The van der Waals surface area contributed by atoms with Crippen molar-refractivity contribution in [1.29, 1.82) is 0 Å². The van der Waals surface area contributed by atoms with Crippen LogP contribution in [0.15, 0.2) is 22.7 Å². The molecule has 1 aromatic carbocycles. The molecule has 0 amide bonds. The summed E-state index contributed by atoms with van der Waals surface area (Å²) in [7, 11) is 0. The summed E-state index contributed by atoms with van der Waals surface area (Å²) in [6, 6.07) is 5.57. The SMILES string of the molecule is CC(CS)COc1cc(Br)ccc1Cl. The van der Waals surface area contributed by atoms with E-state index in [2.05, 4.69) is 35.5 Å². The second kappa shape index (κ2) is 5.89. The minimum atomic E-state index is 0.424. The Bertz CT molecular complexity index is 306. The molecule has 1 aromatic rings. The average Bonchev–Trinajstić information content (AvgIpc) is 2.19. The summed E-state index contributed by atoms with van der Waals surface area (Å²) in [6.07, 6.45) is 0. The molecule has 78 valence electrons. The number of hydrogen-bond acceptors (Lipinski definition) is 2. The van der Waals surface area contributed by atoms with Crippen LogP contribution in [0.3, 0.4) is 0 Å². The zero-order chi connectivity index (χ0) is 10.6.